The van der Waals surface area contributed by atoms with E-state index in [-0.39, 0.29) is 22.1 Å². The average molecular weight is 286 g/mol. The third-order valence-electron chi connectivity index (χ3n) is 3.09. The molecule has 19 heavy (non-hydrogen) atoms. The second-order valence-electron chi connectivity index (χ2n) is 4.23. The molecule has 2 aromatic heterocycles. The van der Waals surface area contributed by atoms with E-state index in [9.17, 15) is 18.0 Å². The molecule has 0 N–H and O–H groups in total. The van der Waals surface area contributed by atoms with Crippen molar-refractivity contribution in [3.05, 3.63) is 20.8 Å². The summed E-state index contributed by atoms with van der Waals surface area (Å²) in [4.78, 5) is 27.8. The zero-order valence-corrected chi connectivity index (χ0v) is 11.9. The van der Waals surface area contributed by atoms with Gasteiger partial charge in [-0.15, -0.1) is 0 Å². The highest BCUT2D eigenvalue weighted by atomic mass is 32.2. The van der Waals surface area contributed by atoms with Crippen molar-refractivity contribution in [2.75, 3.05) is 5.75 Å². The first-order valence-corrected chi connectivity index (χ1v) is 7.22. The summed E-state index contributed by atoms with van der Waals surface area (Å²) >= 11 is 0. The molecule has 0 saturated carbocycles. The maximum absolute atomic E-state index is 12.0. The van der Waals surface area contributed by atoms with E-state index in [4.69, 9.17) is 0 Å². The van der Waals surface area contributed by atoms with Crippen LogP contribution in [0.5, 0.6) is 0 Å². The summed E-state index contributed by atoms with van der Waals surface area (Å²) in [5, 5.41) is -0.205. The standard InChI is InChI=1S/C10H14N4O4S/c1-5-19(17,18)9-11-7-6(12(9)2)8(15)14(4)10(16)13(7)3/h5H2,1-4H3. The van der Waals surface area contributed by atoms with Crippen molar-refractivity contribution in [3.63, 3.8) is 0 Å². The Kier molecular flexibility index (Phi) is 2.89. The van der Waals surface area contributed by atoms with Gasteiger partial charge in [0.2, 0.25) is 15.0 Å². The molecule has 104 valence electrons. The summed E-state index contributed by atoms with van der Waals surface area (Å²) in [6.07, 6.45) is 0. The molecule has 8 nitrogen and oxygen atoms in total. The summed E-state index contributed by atoms with van der Waals surface area (Å²) in [5.41, 5.74) is -0.944. The third-order valence-corrected chi connectivity index (χ3v) is 4.77. The molecule has 0 aliphatic heterocycles. The minimum Gasteiger partial charge on any atom is -0.312 e. The van der Waals surface area contributed by atoms with Crippen molar-refractivity contribution in [2.24, 2.45) is 21.1 Å². The number of nitrogens with zero attached hydrogens (tertiary/aromatic N) is 4. The number of imidazole rings is 1. The first-order valence-electron chi connectivity index (χ1n) is 5.57. The van der Waals surface area contributed by atoms with E-state index in [0.29, 0.717) is 0 Å². The van der Waals surface area contributed by atoms with Crippen LogP contribution in [0.15, 0.2) is 14.7 Å². The summed E-state index contributed by atoms with van der Waals surface area (Å²) in [6.45, 7) is 1.49. The maximum atomic E-state index is 12.0. The molecular weight excluding hydrogens is 272 g/mol. The second kappa shape index (κ2) is 4.05. The van der Waals surface area contributed by atoms with Crippen LogP contribution in [0, 0.1) is 0 Å². The molecule has 2 aromatic rings. The number of sulfone groups is 1. The van der Waals surface area contributed by atoms with E-state index >= 15 is 0 Å². The molecule has 0 bridgehead atoms. The number of hydrogen-bond acceptors (Lipinski definition) is 5. The van der Waals surface area contributed by atoms with Gasteiger partial charge in [0.15, 0.2) is 11.2 Å². The van der Waals surface area contributed by atoms with Gasteiger partial charge in [-0.05, 0) is 0 Å². The lowest BCUT2D eigenvalue weighted by Crippen LogP contribution is -2.37. The molecular formula is C10H14N4O4S. The quantitative estimate of drug-likeness (QED) is 0.688. The Morgan fingerprint density at radius 3 is 2.16 bits per heavy atom. The molecule has 2 heterocycles. The number of fused-ring (bicyclic) bond motifs is 1. The van der Waals surface area contributed by atoms with Crippen LogP contribution in [-0.2, 0) is 31.0 Å². The van der Waals surface area contributed by atoms with Gasteiger partial charge in [-0.3, -0.25) is 13.9 Å². The fraction of sp³-hybridized carbons (Fsp3) is 0.500. The lowest BCUT2D eigenvalue weighted by atomic mass is 10.5. The van der Waals surface area contributed by atoms with Crippen molar-refractivity contribution in [2.45, 2.75) is 12.1 Å². The summed E-state index contributed by atoms with van der Waals surface area (Å²) in [7, 11) is 0.669. The van der Waals surface area contributed by atoms with Crippen LogP contribution in [0.25, 0.3) is 11.2 Å². The van der Waals surface area contributed by atoms with Crippen LogP contribution in [0.1, 0.15) is 6.92 Å². The number of aromatic nitrogens is 4. The molecule has 0 amide bonds. The van der Waals surface area contributed by atoms with Crippen LogP contribution in [0.4, 0.5) is 0 Å². The summed E-state index contributed by atoms with van der Waals surface area (Å²) in [5.74, 6) is -0.127. The minimum atomic E-state index is -3.56. The SMILES string of the molecule is CCS(=O)(=O)c1nc2c(c(=O)n(C)c(=O)n2C)n1C. The monoisotopic (exact) mass is 286 g/mol. The Hall–Kier alpha value is -1.90. The van der Waals surface area contributed by atoms with E-state index in [1.807, 2.05) is 0 Å². The van der Waals surface area contributed by atoms with Crippen LogP contribution < -0.4 is 11.2 Å². The van der Waals surface area contributed by atoms with Gasteiger partial charge >= 0.3 is 5.69 Å². The predicted octanol–water partition coefficient (Wildman–Crippen LogP) is -1.24. The molecule has 9 heteroatoms. The first-order chi connectivity index (χ1) is 8.72. The second-order valence-corrected chi connectivity index (χ2v) is 6.41. The lowest BCUT2D eigenvalue weighted by Gasteiger charge is -2.03. The number of aryl methyl sites for hydroxylation is 2. The summed E-state index contributed by atoms with van der Waals surface area (Å²) < 4.78 is 27.1. The van der Waals surface area contributed by atoms with Gasteiger partial charge in [0, 0.05) is 21.1 Å². The van der Waals surface area contributed by atoms with Gasteiger partial charge in [-0.25, -0.2) is 13.2 Å². The van der Waals surface area contributed by atoms with Crippen molar-refractivity contribution < 1.29 is 8.42 Å². The molecule has 0 aliphatic carbocycles. The topological polar surface area (TPSA) is 96.0 Å². The van der Waals surface area contributed by atoms with Crippen molar-refractivity contribution in [1.82, 2.24) is 18.7 Å². The van der Waals surface area contributed by atoms with Crippen molar-refractivity contribution >= 4 is 21.0 Å². The molecule has 0 fully saturated rings. The van der Waals surface area contributed by atoms with Crippen LogP contribution in [0.2, 0.25) is 0 Å². The Labute approximate surface area is 108 Å². The fourth-order valence-electron chi connectivity index (χ4n) is 1.91. The Balaban J connectivity index is 3.11. The van der Waals surface area contributed by atoms with E-state index in [1.165, 1.54) is 32.6 Å². The third kappa shape index (κ3) is 1.72. The zero-order chi connectivity index (χ0) is 14.5. The number of hydrogen-bond donors (Lipinski definition) is 0. The van der Waals surface area contributed by atoms with Gasteiger partial charge in [0.25, 0.3) is 5.56 Å². The maximum Gasteiger partial charge on any atom is 0.332 e. The van der Waals surface area contributed by atoms with Crippen molar-refractivity contribution in [1.29, 1.82) is 0 Å². The first kappa shape index (κ1) is 13.5. The fourth-order valence-corrected chi connectivity index (χ4v) is 2.90. The largest absolute Gasteiger partial charge is 0.332 e. The number of rotatable bonds is 2. The minimum absolute atomic E-state index is 0.0719. The van der Waals surface area contributed by atoms with Gasteiger partial charge < -0.3 is 4.57 Å². The van der Waals surface area contributed by atoms with Gasteiger partial charge in [0.1, 0.15) is 0 Å². The Morgan fingerprint density at radius 2 is 1.63 bits per heavy atom. The van der Waals surface area contributed by atoms with Gasteiger partial charge in [-0.1, -0.05) is 6.92 Å². The lowest BCUT2D eigenvalue weighted by molar-refractivity contribution is 0.581. The van der Waals surface area contributed by atoms with Crippen molar-refractivity contribution in [3.8, 4) is 0 Å². The molecule has 0 unspecified atom stereocenters. The van der Waals surface area contributed by atoms with Crippen LogP contribution in [0.3, 0.4) is 0 Å². The molecule has 0 saturated heterocycles. The summed E-state index contributed by atoms with van der Waals surface area (Å²) in [6, 6.07) is 0. The van der Waals surface area contributed by atoms with Crippen LogP contribution in [-0.4, -0.2) is 32.9 Å². The van der Waals surface area contributed by atoms with E-state index < -0.39 is 21.1 Å². The molecule has 0 aromatic carbocycles. The van der Waals surface area contributed by atoms with Gasteiger partial charge in [-0.2, -0.15) is 4.98 Å². The highest BCUT2D eigenvalue weighted by molar-refractivity contribution is 7.91. The molecule has 2 rings (SSSR count). The van der Waals surface area contributed by atoms with E-state index in [1.54, 1.807) is 0 Å². The van der Waals surface area contributed by atoms with Gasteiger partial charge in [0.05, 0.1) is 5.75 Å². The molecule has 0 spiro atoms. The highest BCUT2D eigenvalue weighted by Crippen LogP contribution is 2.14. The molecule has 0 atom stereocenters. The smallest absolute Gasteiger partial charge is 0.312 e. The van der Waals surface area contributed by atoms with E-state index in [2.05, 4.69) is 4.98 Å². The zero-order valence-electron chi connectivity index (χ0n) is 11.0. The normalized spacial score (nSPS) is 12.2. The predicted molar refractivity (Wildman–Crippen MR) is 68.9 cm³/mol. The average Bonchev–Trinajstić information content (AvgIpc) is 2.72. The Bertz CT molecular complexity index is 885. The molecule has 0 aliphatic rings. The molecule has 0 radical (unpaired) electrons. The van der Waals surface area contributed by atoms with Crippen LogP contribution >= 0.6 is 0 Å². The highest BCUT2D eigenvalue weighted by Gasteiger charge is 2.24. The Morgan fingerprint density at radius 1 is 1.05 bits per heavy atom. The van der Waals surface area contributed by atoms with E-state index in [0.717, 1.165) is 9.13 Å².